The number of aryl methyl sites for hydroxylation is 1. The molecule has 34 heavy (non-hydrogen) atoms. The zero-order valence-electron chi connectivity index (χ0n) is 18.6. The lowest BCUT2D eigenvalue weighted by molar-refractivity contribution is -0.113. The predicted molar refractivity (Wildman–Crippen MR) is 133 cm³/mol. The van der Waals surface area contributed by atoms with Crippen molar-refractivity contribution in [1.82, 2.24) is 14.8 Å². The molecule has 1 N–H and O–H groups in total. The van der Waals surface area contributed by atoms with E-state index in [4.69, 9.17) is 16.3 Å². The Labute approximate surface area is 206 Å². The number of rotatable bonds is 8. The Kier molecular flexibility index (Phi) is 7.49. The Hall–Kier alpha value is -3.36. The number of carbonyl (C=O) groups excluding carboxylic acids is 1. The lowest BCUT2D eigenvalue weighted by Gasteiger charge is -2.12. The minimum atomic E-state index is -0.468. The van der Waals surface area contributed by atoms with Crippen LogP contribution < -0.4 is 10.1 Å². The molecule has 0 atom stereocenters. The van der Waals surface area contributed by atoms with Gasteiger partial charge in [-0.15, -0.1) is 10.2 Å². The van der Waals surface area contributed by atoms with Crippen molar-refractivity contribution in [3.8, 4) is 22.8 Å². The lowest BCUT2D eigenvalue weighted by atomic mass is 10.1. The Morgan fingerprint density at radius 1 is 1.12 bits per heavy atom. The molecule has 4 aromatic rings. The van der Waals surface area contributed by atoms with E-state index in [2.05, 4.69) is 15.5 Å². The molecule has 1 heterocycles. The minimum absolute atomic E-state index is 0.0662. The van der Waals surface area contributed by atoms with Crippen molar-refractivity contribution in [2.75, 3.05) is 17.7 Å². The highest BCUT2D eigenvalue weighted by molar-refractivity contribution is 7.99. The van der Waals surface area contributed by atoms with Crippen molar-refractivity contribution in [3.63, 3.8) is 0 Å². The number of aromatic nitrogens is 3. The number of nitrogens with zero attached hydrogens (tertiary/aromatic N) is 3. The Bertz CT molecular complexity index is 1310. The van der Waals surface area contributed by atoms with Gasteiger partial charge < -0.3 is 10.1 Å². The topological polar surface area (TPSA) is 69.0 Å². The number of halogens is 2. The summed E-state index contributed by atoms with van der Waals surface area (Å²) in [7, 11) is 0. The number of amides is 1. The van der Waals surface area contributed by atoms with Gasteiger partial charge in [0.1, 0.15) is 11.6 Å². The second-order valence-corrected chi connectivity index (χ2v) is 8.75. The summed E-state index contributed by atoms with van der Waals surface area (Å²) in [6.45, 7) is 4.53. The SMILES string of the molecule is CCOc1ccc(-n2c(SCC(=O)Nc3ccc(F)cc3Cl)nnc2-c2cccc(C)c2)cc1. The molecule has 0 aliphatic heterocycles. The third kappa shape index (κ3) is 5.58. The van der Waals surface area contributed by atoms with Crippen LogP contribution in [0.25, 0.3) is 17.1 Å². The van der Waals surface area contributed by atoms with Crippen molar-refractivity contribution in [3.05, 3.63) is 83.1 Å². The van der Waals surface area contributed by atoms with Gasteiger partial charge in [0.2, 0.25) is 5.91 Å². The van der Waals surface area contributed by atoms with Gasteiger partial charge in [-0.05, 0) is 62.4 Å². The molecule has 0 spiro atoms. The molecule has 0 bridgehead atoms. The molecule has 174 valence electrons. The Balaban J connectivity index is 1.61. The monoisotopic (exact) mass is 496 g/mol. The van der Waals surface area contributed by atoms with Crippen LogP contribution >= 0.6 is 23.4 Å². The van der Waals surface area contributed by atoms with Crippen LogP contribution in [0.3, 0.4) is 0 Å². The average molecular weight is 497 g/mol. The van der Waals surface area contributed by atoms with Gasteiger partial charge >= 0.3 is 0 Å². The van der Waals surface area contributed by atoms with Crippen LogP contribution in [0.5, 0.6) is 5.75 Å². The summed E-state index contributed by atoms with van der Waals surface area (Å²) in [5.41, 5.74) is 3.20. The van der Waals surface area contributed by atoms with Gasteiger partial charge in [0.05, 0.1) is 23.1 Å². The van der Waals surface area contributed by atoms with Crippen LogP contribution in [0.2, 0.25) is 5.02 Å². The van der Waals surface area contributed by atoms with Crippen LogP contribution in [0.15, 0.2) is 71.9 Å². The van der Waals surface area contributed by atoms with Crippen LogP contribution in [0, 0.1) is 12.7 Å². The summed E-state index contributed by atoms with van der Waals surface area (Å²) in [4.78, 5) is 12.6. The molecule has 0 radical (unpaired) electrons. The zero-order valence-corrected chi connectivity index (χ0v) is 20.2. The summed E-state index contributed by atoms with van der Waals surface area (Å²) in [5.74, 6) is 0.733. The summed E-state index contributed by atoms with van der Waals surface area (Å²) in [5, 5.41) is 12.2. The molecule has 3 aromatic carbocycles. The highest BCUT2D eigenvalue weighted by atomic mass is 35.5. The number of carbonyl (C=O) groups is 1. The number of nitrogens with one attached hydrogen (secondary N) is 1. The van der Waals surface area contributed by atoms with E-state index in [1.165, 1.54) is 23.9 Å². The first-order valence-electron chi connectivity index (χ1n) is 10.6. The van der Waals surface area contributed by atoms with E-state index in [1.54, 1.807) is 0 Å². The number of thioether (sulfide) groups is 1. The fourth-order valence-corrected chi connectivity index (χ4v) is 4.30. The number of ether oxygens (including phenoxy) is 1. The fraction of sp³-hybridized carbons (Fsp3) is 0.160. The maximum atomic E-state index is 13.3. The third-order valence-electron chi connectivity index (χ3n) is 4.85. The smallest absolute Gasteiger partial charge is 0.234 e. The maximum absolute atomic E-state index is 13.3. The molecular weight excluding hydrogens is 475 g/mol. The van der Waals surface area contributed by atoms with Gasteiger partial charge in [-0.1, -0.05) is 47.1 Å². The summed E-state index contributed by atoms with van der Waals surface area (Å²) >= 11 is 7.26. The number of anilines is 1. The van der Waals surface area contributed by atoms with Crippen molar-refractivity contribution in [2.45, 2.75) is 19.0 Å². The predicted octanol–water partition coefficient (Wildman–Crippen LogP) is 6.16. The first-order chi connectivity index (χ1) is 16.4. The third-order valence-corrected chi connectivity index (χ3v) is 6.09. The molecule has 0 unspecified atom stereocenters. The van der Waals surface area contributed by atoms with Gasteiger partial charge in [0.15, 0.2) is 11.0 Å². The quantitative estimate of drug-likeness (QED) is 0.296. The van der Waals surface area contributed by atoms with Gasteiger partial charge in [0.25, 0.3) is 0 Å². The molecule has 6 nitrogen and oxygen atoms in total. The molecule has 0 saturated carbocycles. The van der Waals surface area contributed by atoms with Gasteiger partial charge in [-0.2, -0.15) is 0 Å². The number of hydrogen-bond donors (Lipinski definition) is 1. The van der Waals surface area contributed by atoms with Crippen LogP contribution in [-0.2, 0) is 4.79 Å². The highest BCUT2D eigenvalue weighted by Gasteiger charge is 2.18. The first kappa shape index (κ1) is 23.8. The van der Waals surface area contributed by atoms with E-state index in [1.807, 2.05) is 66.9 Å². The highest BCUT2D eigenvalue weighted by Crippen LogP contribution is 2.30. The Morgan fingerprint density at radius 2 is 1.91 bits per heavy atom. The van der Waals surface area contributed by atoms with Crippen molar-refractivity contribution < 1.29 is 13.9 Å². The molecule has 4 rings (SSSR count). The van der Waals surface area contributed by atoms with Crippen LogP contribution in [0.1, 0.15) is 12.5 Å². The lowest BCUT2D eigenvalue weighted by Crippen LogP contribution is -2.15. The van der Waals surface area contributed by atoms with Gasteiger partial charge in [-0.25, -0.2) is 4.39 Å². The van der Waals surface area contributed by atoms with Crippen molar-refractivity contribution in [1.29, 1.82) is 0 Å². The summed E-state index contributed by atoms with van der Waals surface area (Å²) in [6.07, 6.45) is 0. The van der Waals surface area contributed by atoms with E-state index >= 15 is 0 Å². The molecule has 1 amide bonds. The normalized spacial score (nSPS) is 10.8. The molecule has 0 saturated heterocycles. The van der Waals surface area contributed by atoms with E-state index in [-0.39, 0.29) is 16.7 Å². The van der Waals surface area contributed by atoms with E-state index < -0.39 is 5.82 Å². The molecule has 0 fully saturated rings. The van der Waals surface area contributed by atoms with Crippen molar-refractivity contribution in [2.24, 2.45) is 0 Å². The second kappa shape index (κ2) is 10.7. The van der Waals surface area contributed by atoms with Gasteiger partial charge in [0, 0.05) is 11.3 Å². The van der Waals surface area contributed by atoms with E-state index in [9.17, 15) is 9.18 Å². The fourth-order valence-electron chi connectivity index (χ4n) is 3.33. The Morgan fingerprint density at radius 3 is 2.62 bits per heavy atom. The summed E-state index contributed by atoms with van der Waals surface area (Å²) in [6, 6.07) is 19.4. The number of benzene rings is 3. The van der Waals surface area contributed by atoms with Crippen LogP contribution in [0.4, 0.5) is 10.1 Å². The standard InChI is InChI=1S/C25H22ClFN4O2S/c1-3-33-20-10-8-19(9-11-20)31-24(17-6-4-5-16(2)13-17)29-30-25(31)34-15-23(32)28-22-12-7-18(27)14-21(22)26/h4-14H,3,15H2,1-2H3,(H,28,32). The second-order valence-electron chi connectivity index (χ2n) is 7.40. The summed E-state index contributed by atoms with van der Waals surface area (Å²) < 4.78 is 20.7. The van der Waals surface area contributed by atoms with Crippen molar-refractivity contribution >= 4 is 35.0 Å². The molecule has 0 aliphatic rings. The molecule has 1 aromatic heterocycles. The van der Waals surface area contributed by atoms with Crippen LogP contribution in [-0.4, -0.2) is 33.0 Å². The molecule has 0 aliphatic carbocycles. The largest absolute Gasteiger partial charge is 0.494 e. The van der Waals surface area contributed by atoms with E-state index in [0.717, 1.165) is 28.6 Å². The average Bonchev–Trinajstić information content (AvgIpc) is 3.24. The van der Waals surface area contributed by atoms with E-state index in [0.29, 0.717) is 23.3 Å². The minimum Gasteiger partial charge on any atom is -0.494 e. The maximum Gasteiger partial charge on any atom is 0.234 e. The molecular formula is C25H22ClFN4O2S. The first-order valence-corrected chi connectivity index (χ1v) is 11.9. The number of hydrogen-bond acceptors (Lipinski definition) is 5. The molecule has 9 heteroatoms. The zero-order chi connectivity index (χ0) is 24.1. The van der Waals surface area contributed by atoms with Gasteiger partial charge in [-0.3, -0.25) is 9.36 Å².